The molecular formula is C17H21NO2. The topological polar surface area (TPSA) is 49.3 Å². The first kappa shape index (κ1) is 14.4. The van der Waals surface area contributed by atoms with Gasteiger partial charge >= 0.3 is 5.97 Å². The van der Waals surface area contributed by atoms with E-state index in [0.717, 1.165) is 28.8 Å². The summed E-state index contributed by atoms with van der Waals surface area (Å²) in [4.78, 5) is 11.2. The zero-order chi connectivity index (χ0) is 14.9. The maximum Gasteiger partial charge on any atom is 0.310 e. The van der Waals surface area contributed by atoms with Crippen LogP contribution in [0.3, 0.4) is 0 Å². The number of nitrogens with one attached hydrogen (secondary N) is 1. The quantitative estimate of drug-likeness (QED) is 0.818. The SMILES string of the molecule is C=CCc1cc(C(C)C(=O)O)cc2c1NC(C)(C)C=C2. The molecule has 106 valence electrons. The van der Waals surface area contributed by atoms with Gasteiger partial charge in [0, 0.05) is 5.69 Å². The average Bonchev–Trinajstić information content (AvgIpc) is 2.37. The minimum atomic E-state index is -0.803. The molecule has 0 amide bonds. The molecular weight excluding hydrogens is 250 g/mol. The van der Waals surface area contributed by atoms with Gasteiger partial charge in [-0.2, -0.15) is 0 Å². The van der Waals surface area contributed by atoms with Gasteiger partial charge in [-0.05, 0) is 49.9 Å². The molecule has 1 unspecified atom stereocenters. The lowest BCUT2D eigenvalue weighted by Crippen LogP contribution is -2.31. The molecule has 3 nitrogen and oxygen atoms in total. The molecule has 2 rings (SSSR count). The highest BCUT2D eigenvalue weighted by Crippen LogP contribution is 2.34. The van der Waals surface area contributed by atoms with Crippen LogP contribution in [-0.4, -0.2) is 16.6 Å². The lowest BCUT2D eigenvalue weighted by Gasteiger charge is -2.31. The van der Waals surface area contributed by atoms with Crippen LogP contribution in [0.25, 0.3) is 6.08 Å². The van der Waals surface area contributed by atoms with E-state index in [-0.39, 0.29) is 5.54 Å². The molecule has 1 aromatic rings. The van der Waals surface area contributed by atoms with Crippen molar-refractivity contribution in [1.29, 1.82) is 0 Å². The van der Waals surface area contributed by atoms with Gasteiger partial charge in [-0.3, -0.25) is 4.79 Å². The molecule has 0 spiro atoms. The Hall–Kier alpha value is -2.03. The Balaban J connectivity index is 2.55. The molecule has 1 aliphatic heterocycles. The summed E-state index contributed by atoms with van der Waals surface area (Å²) in [6.45, 7) is 9.72. The lowest BCUT2D eigenvalue weighted by molar-refractivity contribution is -0.138. The van der Waals surface area contributed by atoms with Crippen LogP contribution in [0.5, 0.6) is 0 Å². The van der Waals surface area contributed by atoms with Crippen LogP contribution in [0.4, 0.5) is 5.69 Å². The van der Waals surface area contributed by atoms with Crippen LogP contribution in [0.1, 0.15) is 43.4 Å². The van der Waals surface area contributed by atoms with Gasteiger partial charge in [0.25, 0.3) is 0 Å². The Kier molecular flexibility index (Phi) is 3.71. The van der Waals surface area contributed by atoms with Crippen molar-refractivity contribution >= 4 is 17.7 Å². The molecule has 1 heterocycles. The summed E-state index contributed by atoms with van der Waals surface area (Å²) < 4.78 is 0. The van der Waals surface area contributed by atoms with E-state index in [1.54, 1.807) is 6.92 Å². The third-order valence-electron chi connectivity index (χ3n) is 3.63. The second-order valence-electron chi connectivity index (χ2n) is 5.88. The van der Waals surface area contributed by atoms with Crippen molar-refractivity contribution in [2.45, 2.75) is 38.6 Å². The Morgan fingerprint density at radius 1 is 1.50 bits per heavy atom. The Morgan fingerprint density at radius 3 is 2.80 bits per heavy atom. The molecule has 0 saturated carbocycles. The molecule has 2 N–H and O–H groups in total. The summed E-state index contributed by atoms with van der Waals surface area (Å²) >= 11 is 0. The molecule has 0 fully saturated rings. The highest BCUT2D eigenvalue weighted by molar-refractivity contribution is 5.80. The van der Waals surface area contributed by atoms with Gasteiger partial charge in [0.2, 0.25) is 0 Å². The van der Waals surface area contributed by atoms with Crippen LogP contribution in [0.15, 0.2) is 30.9 Å². The lowest BCUT2D eigenvalue weighted by atomic mass is 9.89. The summed E-state index contributed by atoms with van der Waals surface area (Å²) in [5.41, 5.74) is 3.96. The number of hydrogen-bond acceptors (Lipinski definition) is 2. The minimum absolute atomic E-state index is 0.0944. The summed E-state index contributed by atoms with van der Waals surface area (Å²) in [5, 5.41) is 12.7. The second-order valence-corrected chi connectivity index (χ2v) is 5.88. The Bertz CT molecular complexity index is 585. The number of carbonyl (C=O) groups is 1. The van der Waals surface area contributed by atoms with E-state index < -0.39 is 11.9 Å². The maximum atomic E-state index is 11.2. The zero-order valence-electron chi connectivity index (χ0n) is 12.2. The normalized spacial score (nSPS) is 16.9. The fraction of sp³-hybridized carbons (Fsp3) is 0.353. The van der Waals surface area contributed by atoms with E-state index >= 15 is 0 Å². The van der Waals surface area contributed by atoms with E-state index in [9.17, 15) is 9.90 Å². The van der Waals surface area contributed by atoms with Gasteiger partial charge in [0.1, 0.15) is 0 Å². The number of carboxylic acid groups (broad SMARTS) is 1. The standard InChI is InChI=1S/C17H21NO2/c1-5-6-12-9-14(11(2)16(19)20)10-13-7-8-17(3,4)18-15(12)13/h5,7-11,18H,1,6H2,2-4H3,(H,19,20). The van der Waals surface area contributed by atoms with Gasteiger partial charge in [-0.1, -0.05) is 24.3 Å². The van der Waals surface area contributed by atoms with E-state index in [2.05, 4.69) is 37.9 Å². The van der Waals surface area contributed by atoms with Gasteiger partial charge < -0.3 is 10.4 Å². The average molecular weight is 271 g/mol. The number of hydrogen-bond donors (Lipinski definition) is 2. The summed E-state index contributed by atoms with van der Waals surface area (Å²) in [6.07, 6.45) is 6.73. The molecule has 0 aromatic heterocycles. The molecule has 3 heteroatoms. The summed E-state index contributed by atoms with van der Waals surface area (Å²) in [5.74, 6) is -1.31. The van der Waals surface area contributed by atoms with Gasteiger partial charge in [-0.15, -0.1) is 6.58 Å². The number of carboxylic acids is 1. The molecule has 0 radical (unpaired) electrons. The molecule has 1 atom stereocenters. The number of fused-ring (bicyclic) bond motifs is 1. The molecule has 0 saturated heterocycles. The van der Waals surface area contributed by atoms with Crippen LogP contribution in [0.2, 0.25) is 0 Å². The van der Waals surface area contributed by atoms with Crippen molar-refractivity contribution in [3.8, 4) is 0 Å². The minimum Gasteiger partial charge on any atom is -0.481 e. The van der Waals surface area contributed by atoms with Crippen molar-refractivity contribution in [1.82, 2.24) is 0 Å². The first-order valence-electron chi connectivity index (χ1n) is 6.82. The van der Waals surface area contributed by atoms with Gasteiger partial charge in [-0.25, -0.2) is 0 Å². The first-order chi connectivity index (χ1) is 9.34. The second kappa shape index (κ2) is 5.16. The molecule has 0 aliphatic carbocycles. The molecule has 1 aromatic carbocycles. The Morgan fingerprint density at radius 2 is 2.20 bits per heavy atom. The van der Waals surface area contributed by atoms with Crippen molar-refractivity contribution in [3.05, 3.63) is 47.6 Å². The monoisotopic (exact) mass is 271 g/mol. The summed E-state index contributed by atoms with van der Waals surface area (Å²) in [6, 6.07) is 3.93. The smallest absolute Gasteiger partial charge is 0.310 e. The van der Waals surface area contributed by atoms with Crippen LogP contribution in [-0.2, 0) is 11.2 Å². The van der Waals surface area contributed by atoms with E-state index in [0.29, 0.717) is 0 Å². The number of rotatable bonds is 4. The molecule has 20 heavy (non-hydrogen) atoms. The fourth-order valence-corrected chi connectivity index (χ4v) is 2.41. The third kappa shape index (κ3) is 2.77. The van der Waals surface area contributed by atoms with Crippen LogP contribution in [0, 0.1) is 0 Å². The van der Waals surface area contributed by atoms with Crippen molar-refractivity contribution < 1.29 is 9.90 Å². The Labute approximate surface area is 120 Å². The van der Waals surface area contributed by atoms with Crippen molar-refractivity contribution in [3.63, 3.8) is 0 Å². The van der Waals surface area contributed by atoms with Crippen molar-refractivity contribution in [2.24, 2.45) is 0 Å². The van der Waals surface area contributed by atoms with Gasteiger partial charge in [0.05, 0.1) is 11.5 Å². The fourth-order valence-electron chi connectivity index (χ4n) is 2.41. The predicted molar refractivity (Wildman–Crippen MR) is 83.1 cm³/mol. The number of allylic oxidation sites excluding steroid dienone is 1. The van der Waals surface area contributed by atoms with Crippen LogP contribution >= 0.6 is 0 Å². The van der Waals surface area contributed by atoms with E-state index in [1.807, 2.05) is 18.2 Å². The van der Waals surface area contributed by atoms with E-state index in [1.165, 1.54) is 0 Å². The summed E-state index contributed by atoms with van der Waals surface area (Å²) in [7, 11) is 0. The van der Waals surface area contributed by atoms with Gasteiger partial charge in [0.15, 0.2) is 0 Å². The molecule has 0 bridgehead atoms. The molecule has 1 aliphatic rings. The number of benzene rings is 1. The number of anilines is 1. The zero-order valence-corrected chi connectivity index (χ0v) is 12.2. The highest BCUT2D eigenvalue weighted by atomic mass is 16.4. The first-order valence-corrected chi connectivity index (χ1v) is 6.82. The van der Waals surface area contributed by atoms with Crippen LogP contribution < -0.4 is 5.32 Å². The van der Waals surface area contributed by atoms with Crippen molar-refractivity contribution in [2.75, 3.05) is 5.32 Å². The maximum absolute atomic E-state index is 11.2. The number of aliphatic carboxylic acids is 1. The third-order valence-corrected chi connectivity index (χ3v) is 3.63. The van der Waals surface area contributed by atoms with E-state index in [4.69, 9.17) is 0 Å². The largest absolute Gasteiger partial charge is 0.481 e. The predicted octanol–water partition coefficient (Wildman–Crippen LogP) is 3.82. The highest BCUT2D eigenvalue weighted by Gasteiger charge is 2.23.